The molecule has 3 rings (SSSR count). The van der Waals surface area contributed by atoms with Crippen molar-refractivity contribution in [2.45, 2.75) is 45.2 Å². The molecule has 1 saturated heterocycles. The van der Waals surface area contributed by atoms with Gasteiger partial charge in [-0.3, -0.25) is 9.69 Å². The molecule has 21 heavy (non-hydrogen) atoms. The summed E-state index contributed by atoms with van der Waals surface area (Å²) >= 11 is 5.99. The van der Waals surface area contributed by atoms with Crippen molar-refractivity contribution in [3.63, 3.8) is 0 Å². The maximum Gasteiger partial charge on any atom is 0.197 e. The molecule has 0 spiro atoms. The largest absolute Gasteiger partial charge is 0.464 e. The monoisotopic (exact) mass is 305 g/mol. The smallest absolute Gasteiger partial charge is 0.197 e. The van der Waals surface area contributed by atoms with Crippen LogP contribution in [0.15, 0.2) is 33.7 Å². The average Bonchev–Trinajstić information content (AvgIpc) is 2.51. The summed E-state index contributed by atoms with van der Waals surface area (Å²) in [6.07, 6.45) is 6.46. The fourth-order valence-electron chi connectivity index (χ4n) is 3.20. The highest BCUT2D eigenvalue weighted by molar-refractivity contribution is 6.31. The molecule has 2 aromatic rings. The molecular formula is C17H20ClNO2. The van der Waals surface area contributed by atoms with Gasteiger partial charge in [0.25, 0.3) is 0 Å². The first-order valence-corrected chi connectivity index (χ1v) is 8.01. The van der Waals surface area contributed by atoms with Crippen molar-refractivity contribution in [1.29, 1.82) is 0 Å². The Morgan fingerprint density at radius 1 is 1.38 bits per heavy atom. The molecule has 0 saturated carbocycles. The van der Waals surface area contributed by atoms with Crippen LogP contribution in [0.5, 0.6) is 0 Å². The summed E-state index contributed by atoms with van der Waals surface area (Å²) < 4.78 is 5.60. The maximum atomic E-state index is 12.6. The average molecular weight is 306 g/mol. The van der Waals surface area contributed by atoms with Gasteiger partial charge in [0.2, 0.25) is 0 Å². The summed E-state index contributed by atoms with van der Waals surface area (Å²) in [4.78, 5) is 15.0. The van der Waals surface area contributed by atoms with Gasteiger partial charge < -0.3 is 4.42 Å². The van der Waals surface area contributed by atoms with Gasteiger partial charge in [-0.05, 0) is 44.0 Å². The molecule has 1 aromatic heterocycles. The number of halogens is 1. The van der Waals surface area contributed by atoms with E-state index in [0.717, 1.165) is 18.5 Å². The van der Waals surface area contributed by atoms with E-state index >= 15 is 0 Å². The third-order valence-corrected chi connectivity index (χ3v) is 4.63. The van der Waals surface area contributed by atoms with Crippen LogP contribution in [-0.2, 0) is 6.54 Å². The quantitative estimate of drug-likeness (QED) is 0.851. The van der Waals surface area contributed by atoms with Crippen molar-refractivity contribution in [1.82, 2.24) is 4.90 Å². The summed E-state index contributed by atoms with van der Waals surface area (Å²) in [6, 6.07) is 5.76. The van der Waals surface area contributed by atoms with E-state index in [1.54, 1.807) is 24.5 Å². The lowest BCUT2D eigenvalue weighted by Gasteiger charge is -2.34. The Morgan fingerprint density at radius 2 is 2.24 bits per heavy atom. The van der Waals surface area contributed by atoms with E-state index in [1.165, 1.54) is 19.3 Å². The number of piperidine rings is 1. The van der Waals surface area contributed by atoms with Crippen molar-refractivity contribution in [3.05, 3.63) is 45.3 Å². The lowest BCUT2D eigenvalue weighted by molar-refractivity contribution is 0.135. The number of rotatable bonds is 3. The number of hydrogen-bond donors (Lipinski definition) is 0. The molecule has 1 fully saturated rings. The van der Waals surface area contributed by atoms with Crippen LogP contribution in [-0.4, -0.2) is 17.5 Å². The summed E-state index contributed by atoms with van der Waals surface area (Å²) in [5.74, 6) is 0. The lowest BCUT2D eigenvalue weighted by atomic mass is 9.99. The summed E-state index contributed by atoms with van der Waals surface area (Å²) in [6.45, 7) is 3.94. The van der Waals surface area contributed by atoms with Gasteiger partial charge in [0.15, 0.2) is 5.43 Å². The predicted octanol–water partition coefficient (Wildman–Crippen LogP) is 4.21. The molecule has 0 amide bonds. The Labute approximate surface area is 129 Å². The maximum absolute atomic E-state index is 12.6. The Kier molecular flexibility index (Phi) is 4.32. The van der Waals surface area contributed by atoms with E-state index in [-0.39, 0.29) is 5.43 Å². The molecule has 1 aliphatic heterocycles. The zero-order valence-electron chi connectivity index (χ0n) is 12.3. The van der Waals surface area contributed by atoms with Gasteiger partial charge in [0, 0.05) is 23.2 Å². The number of nitrogens with zero attached hydrogens (tertiary/aromatic N) is 1. The third-order valence-electron chi connectivity index (χ3n) is 4.40. The number of fused-ring (bicyclic) bond motifs is 1. The van der Waals surface area contributed by atoms with Crippen molar-refractivity contribution >= 4 is 22.6 Å². The zero-order chi connectivity index (χ0) is 14.8. The van der Waals surface area contributed by atoms with Gasteiger partial charge in [-0.2, -0.15) is 0 Å². The molecular weight excluding hydrogens is 286 g/mol. The molecule has 0 bridgehead atoms. The van der Waals surface area contributed by atoms with Crippen LogP contribution in [0, 0.1) is 0 Å². The van der Waals surface area contributed by atoms with Crippen LogP contribution < -0.4 is 5.43 Å². The fraction of sp³-hybridized carbons (Fsp3) is 0.471. The van der Waals surface area contributed by atoms with Gasteiger partial charge in [-0.25, -0.2) is 0 Å². The van der Waals surface area contributed by atoms with E-state index in [9.17, 15) is 4.79 Å². The molecule has 1 aliphatic rings. The number of hydrogen-bond acceptors (Lipinski definition) is 3. The Bertz CT molecular complexity index is 695. The van der Waals surface area contributed by atoms with Crippen molar-refractivity contribution < 1.29 is 4.42 Å². The van der Waals surface area contributed by atoms with Crippen LogP contribution in [0.3, 0.4) is 0 Å². The fourth-order valence-corrected chi connectivity index (χ4v) is 3.37. The SMILES string of the molecule is CC[C@H]1CCCCN1Cc1coc2ccc(Cl)cc2c1=O. The summed E-state index contributed by atoms with van der Waals surface area (Å²) in [7, 11) is 0. The Balaban J connectivity index is 1.93. The highest BCUT2D eigenvalue weighted by Crippen LogP contribution is 2.22. The van der Waals surface area contributed by atoms with E-state index in [4.69, 9.17) is 16.0 Å². The van der Waals surface area contributed by atoms with Gasteiger partial charge in [-0.15, -0.1) is 0 Å². The molecule has 4 heteroatoms. The third kappa shape index (κ3) is 2.99. The number of benzene rings is 1. The molecule has 1 atom stereocenters. The van der Waals surface area contributed by atoms with Crippen molar-refractivity contribution in [2.75, 3.05) is 6.54 Å². The van der Waals surface area contributed by atoms with Crippen LogP contribution in [0.4, 0.5) is 0 Å². The minimum Gasteiger partial charge on any atom is -0.464 e. The standard InChI is InChI=1S/C17H20ClNO2/c1-2-14-5-3-4-8-19(14)10-12-11-21-16-7-6-13(18)9-15(16)17(12)20/h6-7,9,11,14H,2-5,8,10H2,1H3/t14-/m0/s1. The molecule has 0 unspecified atom stereocenters. The molecule has 0 radical (unpaired) electrons. The van der Waals surface area contributed by atoms with Crippen LogP contribution >= 0.6 is 11.6 Å². The van der Waals surface area contributed by atoms with Crippen molar-refractivity contribution in [2.24, 2.45) is 0 Å². The normalized spacial score (nSPS) is 20.0. The second-order valence-corrected chi connectivity index (χ2v) is 6.20. The van der Waals surface area contributed by atoms with E-state index in [0.29, 0.717) is 28.6 Å². The highest BCUT2D eigenvalue weighted by Gasteiger charge is 2.22. The molecule has 112 valence electrons. The molecule has 1 aromatic carbocycles. The predicted molar refractivity (Wildman–Crippen MR) is 85.8 cm³/mol. The lowest BCUT2D eigenvalue weighted by Crippen LogP contribution is -2.39. The van der Waals surface area contributed by atoms with E-state index in [2.05, 4.69) is 11.8 Å². The van der Waals surface area contributed by atoms with Gasteiger partial charge >= 0.3 is 0 Å². The molecule has 2 heterocycles. The second-order valence-electron chi connectivity index (χ2n) is 5.76. The molecule has 3 nitrogen and oxygen atoms in total. The van der Waals surface area contributed by atoms with Crippen LogP contribution in [0.25, 0.3) is 11.0 Å². The Hall–Kier alpha value is -1.32. The van der Waals surface area contributed by atoms with E-state index in [1.807, 2.05) is 0 Å². The summed E-state index contributed by atoms with van der Waals surface area (Å²) in [5.41, 5.74) is 1.36. The first-order valence-electron chi connectivity index (χ1n) is 7.63. The van der Waals surface area contributed by atoms with Gasteiger partial charge in [-0.1, -0.05) is 24.9 Å². The molecule has 0 aliphatic carbocycles. The highest BCUT2D eigenvalue weighted by atomic mass is 35.5. The second kappa shape index (κ2) is 6.20. The minimum atomic E-state index is 0.0409. The molecule has 0 N–H and O–H groups in total. The minimum absolute atomic E-state index is 0.0409. The van der Waals surface area contributed by atoms with E-state index < -0.39 is 0 Å². The van der Waals surface area contributed by atoms with Crippen molar-refractivity contribution in [3.8, 4) is 0 Å². The number of likely N-dealkylation sites (tertiary alicyclic amines) is 1. The van der Waals surface area contributed by atoms with Crippen LogP contribution in [0.2, 0.25) is 5.02 Å². The Morgan fingerprint density at radius 3 is 3.05 bits per heavy atom. The summed E-state index contributed by atoms with van der Waals surface area (Å²) in [5, 5.41) is 1.14. The van der Waals surface area contributed by atoms with Crippen LogP contribution in [0.1, 0.15) is 38.2 Å². The first kappa shape index (κ1) is 14.6. The zero-order valence-corrected chi connectivity index (χ0v) is 13.0. The van der Waals surface area contributed by atoms with Gasteiger partial charge in [0.1, 0.15) is 5.58 Å². The van der Waals surface area contributed by atoms with Gasteiger partial charge in [0.05, 0.1) is 11.6 Å². The topological polar surface area (TPSA) is 33.5 Å². The first-order chi connectivity index (χ1) is 10.2.